The number of carboxylic acids is 1. The number of carbonyl (C=O) groups is 1. The minimum Gasteiger partial charge on any atom is -0.486 e. The number of carboxylic acid groups (broad SMARTS) is 1. The summed E-state index contributed by atoms with van der Waals surface area (Å²) in [5.74, 6) is -0.596. The van der Waals surface area contributed by atoms with Crippen molar-refractivity contribution in [3.05, 3.63) is 92.5 Å². The molecule has 3 rings (SSSR count). The van der Waals surface area contributed by atoms with Gasteiger partial charge in [0.2, 0.25) is 0 Å². The van der Waals surface area contributed by atoms with E-state index in [0.717, 1.165) is 22.4 Å². The smallest absolute Gasteiger partial charge is 0.335 e. The molecule has 0 atom stereocenters. The van der Waals surface area contributed by atoms with Gasteiger partial charge < -0.3 is 9.84 Å². The molecular weight excluding hydrogens is 409 g/mol. The Labute approximate surface area is 179 Å². The minimum atomic E-state index is -0.971. The van der Waals surface area contributed by atoms with Crippen LogP contribution in [-0.4, -0.2) is 17.3 Å². The predicted octanol–water partition coefficient (Wildman–Crippen LogP) is 6.64. The molecular formula is C23H19Cl2NO3. The highest BCUT2D eigenvalue weighted by molar-refractivity contribution is 6.37. The molecule has 148 valence electrons. The molecule has 3 aromatic carbocycles. The predicted molar refractivity (Wildman–Crippen MR) is 117 cm³/mol. The highest BCUT2D eigenvalue weighted by atomic mass is 35.5. The molecule has 0 spiro atoms. The lowest BCUT2D eigenvalue weighted by Crippen LogP contribution is -2.00. The van der Waals surface area contributed by atoms with Crippen LogP contribution in [0.25, 0.3) is 0 Å². The fraction of sp³-hybridized carbons (Fsp3) is 0.130. The molecule has 1 N–H and O–H groups in total. The summed E-state index contributed by atoms with van der Waals surface area (Å²) < 4.78 is 5.75. The van der Waals surface area contributed by atoms with Crippen LogP contribution in [0, 0.1) is 13.8 Å². The van der Waals surface area contributed by atoms with E-state index in [1.807, 2.05) is 26.0 Å². The maximum absolute atomic E-state index is 10.9. The molecule has 0 amide bonds. The number of aromatic carboxylic acids is 1. The van der Waals surface area contributed by atoms with Crippen LogP contribution in [-0.2, 0) is 6.61 Å². The number of aliphatic imine (C=N–C) groups is 1. The molecule has 29 heavy (non-hydrogen) atoms. The van der Waals surface area contributed by atoms with Gasteiger partial charge in [0, 0.05) is 6.21 Å². The summed E-state index contributed by atoms with van der Waals surface area (Å²) in [6, 6.07) is 16.0. The fourth-order valence-electron chi connectivity index (χ4n) is 2.79. The van der Waals surface area contributed by atoms with Gasteiger partial charge in [0.25, 0.3) is 0 Å². The molecule has 0 heterocycles. The Morgan fingerprint density at radius 3 is 2.28 bits per heavy atom. The van der Waals surface area contributed by atoms with Crippen molar-refractivity contribution in [2.24, 2.45) is 4.99 Å². The molecule has 0 aliphatic rings. The van der Waals surface area contributed by atoms with Crippen molar-refractivity contribution in [1.82, 2.24) is 0 Å². The number of aryl methyl sites for hydroxylation is 2. The lowest BCUT2D eigenvalue weighted by atomic mass is 10.1. The van der Waals surface area contributed by atoms with E-state index in [1.54, 1.807) is 30.5 Å². The number of hydrogen-bond donors (Lipinski definition) is 1. The Hall–Kier alpha value is -2.82. The van der Waals surface area contributed by atoms with Crippen LogP contribution < -0.4 is 4.74 Å². The summed E-state index contributed by atoms with van der Waals surface area (Å²) in [6.07, 6.45) is 1.71. The van der Waals surface area contributed by atoms with Crippen LogP contribution in [0.5, 0.6) is 5.75 Å². The SMILES string of the molecule is Cc1ccc(N=Cc2cc(Cl)c(OCc3ccc(C(=O)O)cc3)c(Cl)c2)c(C)c1. The molecule has 6 heteroatoms. The lowest BCUT2D eigenvalue weighted by Gasteiger charge is -2.11. The van der Waals surface area contributed by atoms with Crippen molar-refractivity contribution in [2.45, 2.75) is 20.5 Å². The number of rotatable bonds is 6. The molecule has 0 fully saturated rings. The second-order valence-electron chi connectivity index (χ2n) is 6.65. The van der Waals surface area contributed by atoms with Crippen LogP contribution >= 0.6 is 23.2 Å². The first-order chi connectivity index (χ1) is 13.8. The van der Waals surface area contributed by atoms with E-state index >= 15 is 0 Å². The quantitative estimate of drug-likeness (QED) is 0.448. The molecule has 3 aromatic rings. The van der Waals surface area contributed by atoms with E-state index < -0.39 is 5.97 Å². The summed E-state index contributed by atoms with van der Waals surface area (Å²) in [4.78, 5) is 15.4. The molecule has 0 aromatic heterocycles. The highest BCUT2D eigenvalue weighted by Gasteiger charge is 2.10. The second-order valence-corrected chi connectivity index (χ2v) is 7.47. The molecule has 0 aliphatic heterocycles. The summed E-state index contributed by atoms with van der Waals surface area (Å²) >= 11 is 12.7. The van der Waals surface area contributed by atoms with Crippen molar-refractivity contribution in [1.29, 1.82) is 0 Å². The minimum absolute atomic E-state index is 0.218. The van der Waals surface area contributed by atoms with Crippen LogP contribution in [0.3, 0.4) is 0 Å². The van der Waals surface area contributed by atoms with Gasteiger partial charge >= 0.3 is 5.97 Å². The summed E-state index contributed by atoms with van der Waals surface area (Å²) in [5.41, 5.74) is 4.95. The molecule has 4 nitrogen and oxygen atoms in total. The largest absolute Gasteiger partial charge is 0.486 e. The van der Waals surface area contributed by atoms with Crippen LogP contribution in [0.2, 0.25) is 10.0 Å². The summed E-state index contributed by atoms with van der Waals surface area (Å²) in [6.45, 7) is 4.27. The van der Waals surface area contributed by atoms with Crippen molar-refractivity contribution >= 4 is 41.1 Å². The van der Waals surface area contributed by atoms with Crippen LogP contribution in [0.1, 0.15) is 32.6 Å². The Bertz CT molecular complexity index is 1050. The van der Waals surface area contributed by atoms with Gasteiger partial charge in [-0.3, -0.25) is 4.99 Å². The number of benzene rings is 3. The van der Waals surface area contributed by atoms with Gasteiger partial charge in [-0.15, -0.1) is 0 Å². The van der Waals surface area contributed by atoms with Crippen molar-refractivity contribution in [3.63, 3.8) is 0 Å². The fourth-order valence-corrected chi connectivity index (χ4v) is 3.40. The molecule has 0 unspecified atom stereocenters. The van der Waals surface area contributed by atoms with Gasteiger partial charge in [0.05, 0.1) is 21.3 Å². The van der Waals surface area contributed by atoms with E-state index in [2.05, 4.69) is 11.1 Å². The van der Waals surface area contributed by atoms with Crippen LogP contribution in [0.4, 0.5) is 5.69 Å². The molecule has 0 radical (unpaired) electrons. The van der Waals surface area contributed by atoms with Crippen LogP contribution in [0.15, 0.2) is 59.6 Å². The Morgan fingerprint density at radius 2 is 1.69 bits per heavy atom. The number of hydrogen-bond acceptors (Lipinski definition) is 3. The van der Waals surface area contributed by atoms with Gasteiger partial charge in [-0.05, 0) is 60.9 Å². The zero-order chi connectivity index (χ0) is 21.0. The maximum atomic E-state index is 10.9. The monoisotopic (exact) mass is 427 g/mol. The van der Waals surface area contributed by atoms with Gasteiger partial charge in [0.1, 0.15) is 6.61 Å². The molecule has 0 bridgehead atoms. The van der Waals surface area contributed by atoms with Gasteiger partial charge in [-0.2, -0.15) is 0 Å². The normalized spacial score (nSPS) is 11.0. The molecule has 0 aliphatic carbocycles. The third-order valence-corrected chi connectivity index (χ3v) is 4.87. The van der Waals surface area contributed by atoms with E-state index in [1.165, 1.54) is 17.7 Å². The number of nitrogens with zero attached hydrogens (tertiary/aromatic N) is 1. The first kappa shape index (κ1) is 20.9. The number of ether oxygens (including phenoxy) is 1. The second kappa shape index (κ2) is 9.12. The van der Waals surface area contributed by atoms with E-state index in [0.29, 0.717) is 15.8 Å². The number of halogens is 2. The van der Waals surface area contributed by atoms with Gasteiger partial charge in [-0.1, -0.05) is 53.0 Å². The van der Waals surface area contributed by atoms with E-state index in [4.69, 9.17) is 33.0 Å². The van der Waals surface area contributed by atoms with Gasteiger partial charge in [-0.25, -0.2) is 4.79 Å². The topological polar surface area (TPSA) is 58.9 Å². The standard InChI is InChI=1S/C23H19Cl2NO3/c1-14-3-8-21(15(2)9-14)26-12-17-10-19(24)22(20(25)11-17)29-13-16-4-6-18(7-5-16)23(27)28/h3-12H,13H2,1-2H3,(H,27,28). The Morgan fingerprint density at radius 1 is 1.03 bits per heavy atom. The summed E-state index contributed by atoms with van der Waals surface area (Å²) in [5, 5.41) is 9.70. The maximum Gasteiger partial charge on any atom is 0.335 e. The lowest BCUT2D eigenvalue weighted by molar-refractivity contribution is 0.0697. The molecule has 0 saturated heterocycles. The van der Waals surface area contributed by atoms with Crippen molar-refractivity contribution in [2.75, 3.05) is 0 Å². The average molecular weight is 428 g/mol. The first-order valence-corrected chi connectivity index (χ1v) is 9.64. The third kappa shape index (κ3) is 5.37. The highest BCUT2D eigenvalue weighted by Crippen LogP contribution is 2.34. The zero-order valence-corrected chi connectivity index (χ0v) is 17.5. The Kier molecular flexibility index (Phi) is 6.57. The summed E-state index contributed by atoms with van der Waals surface area (Å²) in [7, 11) is 0. The third-order valence-electron chi connectivity index (χ3n) is 4.31. The van der Waals surface area contributed by atoms with Crippen molar-refractivity contribution in [3.8, 4) is 5.75 Å². The van der Waals surface area contributed by atoms with Gasteiger partial charge in [0.15, 0.2) is 5.75 Å². The van der Waals surface area contributed by atoms with E-state index in [-0.39, 0.29) is 12.2 Å². The van der Waals surface area contributed by atoms with Crippen molar-refractivity contribution < 1.29 is 14.6 Å². The zero-order valence-electron chi connectivity index (χ0n) is 15.9. The first-order valence-electron chi connectivity index (χ1n) is 8.89. The average Bonchev–Trinajstić information content (AvgIpc) is 2.67. The Balaban J connectivity index is 1.73. The van der Waals surface area contributed by atoms with E-state index in [9.17, 15) is 4.79 Å². The molecule has 0 saturated carbocycles.